The topological polar surface area (TPSA) is 12.0 Å². The first-order valence-corrected chi connectivity index (χ1v) is 8.22. The highest BCUT2D eigenvalue weighted by atomic mass is 35.5. The smallest absolute Gasteiger partial charge is 0.0455 e. The lowest BCUT2D eigenvalue weighted by atomic mass is 9.91. The molecule has 0 unspecified atom stereocenters. The Morgan fingerprint density at radius 1 is 0.783 bits per heavy atom. The summed E-state index contributed by atoms with van der Waals surface area (Å²) in [4.78, 5) is 0. The van der Waals surface area contributed by atoms with Gasteiger partial charge < -0.3 is 5.32 Å². The third-order valence-electron chi connectivity index (χ3n) is 4.17. The molecule has 3 rings (SSSR count). The zero-order valence-electron chi connectivity index (χ0n) is 13.2. The van der Waals surface area contributed by atoms with Gasteiger partial charge in [-0.1, -0.05) is 78.3 Å². The summed E-state index contributed by atoms with van der Waals surface area (Å²) in [7, 11) is 0. The van der Waals surface area contributed by atoms with Gasteiger partial charge >= 0.3 is 0 Å². The van der Waals surface area contributed by atoms with Crippen LogP contribution in [0.15, 0.2) is 78.9 Å². The summed E-state index contributed by atoms with van der Waals surface area (Å²) < 4.78 is 0. The van der Waals surface area contributed by atoms with E-state index >= 15 is 0 Å². The van der Waals surface area contributed by atoms with Crippen molar-refractivity contribution in [1.29, 1.82) is 0 Å². The minimum absolute atomic E-state index is 0.302. The maximum Gasteiger partial charge on any atom is 0.0455 e. The standard InChI is InChI=1S/C21H20ClN/c1-16-20(22)13-8-14-21(16)23-15-19(17-9-4-2-5-10-17)18-11-6-3-7-12-18/h2-14,19,23H,15H2,1H3. The van der Waals surface area contributed by atoms with Crippen LogP contribution in [0.5, 0.6) is 0 Å². The highest BCUT2D eigenvalue weighted by molar-refractivity contribution is 6.31. The van der Waals surface area contributed by atoms with E-state index in [1.54, 1.807) is 0 Å². The molecular weight excluding hydrogens is 302 g/mol. The van der Waals surface area contributed by atoms with Crippen molar-refractivity contribution in [3.8, 4) is 0 Å². The van der Waals surface area contributed by atoms with Crippen LogP contribution in [0.1, 0.15) is 22.6 Å². The van der Waals surface area contributed by atoms with Crippen LogP contribution < -0.4 is 5.32 Å². The first-order chi connectivity index (χ1) is 11.3. The van der Waals surface area contributed by atoms with Crippen molar-refractivity contribution in [3.63, 3.8) is 0 Å². The van der Waals surface area contributed by atoms with E-state index in [0.717, 1.165) is 22.8 Å². The average Bonchev–Trinajstić information content (AvgIpc) is 2.60. The number of hydrogen-bond acceptors (Lipinski definition) is 1. The number of benzene rings is 3. The number of nitrogens with one attached hydrogen (secondary N) is 1. The molecule has 23 heavy (non-hydrogen) atoms. The van der Waals surface area contributed by atoms with Crippen molar-refractivity contribution in [3.05, 3.63) is 101 Å². The molecule has 0 aliphatic carbocycles. The maximum absolute atomic E-state index is 6.22. The van der Waals surface area contributed by atoms with E-state index in [4.69, 9.17) is 11.6 Å². The van der Waals surface area contributed by atoms with Gasteiger partial charge in [0, 0.05) is 23.2 Å². The Labute approximate surface area is 142 Å². The predicted octanol–water partition coefficient (Wildman–Crippen LogP) is 5.89. The van der Waals surface area contributed by atoms with Crippen molar-refractivity contribution < 1.29 is 0 Å². The van der Waals surface area contributed by atoms with Crippen LogP contribution in [0.2, 0.25) is 5.02 Å². The number of halogens is 1. The molecular formula is C21H20ClN. The molecule has 0 aliphatic heterocycles. The molecule has 0 bridgehead atoms. The molecule has 1 N–H and O–H groups in total. The van der Waals surface area contributed by atoms with E-state index in [2.05, 4.69) is 72.0 Å². The van der Waals surface area contributed by atoms with Crippen LogP contribution in [0.25, 0.3) is 0 Å². The summed E-state index contributed by atoms with van der Waals surface area (Å²) in [6, 6.07) is 27.2. The third-order valence-corrected chi connectivity index (χ3v) is 4.58. The second-order valence-corrected chi connectivity index (χ2v) is 6.07. The third kappa shape index (κ3) is 3.75. The summed E-state index contributed by atoms with van der Waals surface area (Å²) in [5.41, 5.74) is 4.81. The van der Waals surface area contributed by atoms with Crippen molar-refractivity contribution in [1.82, 2.24) is 0 Å². The average molecular weight is 322 g/mol. The van der Waals surface area contributed by atoms with E-state index in [9.17, 15) is 0 Å². The van der Waals surface area contributed by atoms with Crippen LogP contribution >= 0.6 is 11.6 Å². The molecule has 0 aliphatic rings. The van der Waals surface area contributed by atoms with Crippen molar-refractivity contribution in [2.24, 2.45) is 0 Å². The van der Waals surface area contributed by atoms with E-state index in [1.807, 2.05) is 19.1 Å². The SMILES string of the molecule is Cc1c(Cl)cccc1NCC(c1ccccc1)c1ccccc1. The Morgan fingerprint density at radius 2 is 1.35 bits per heavy atom. The second-order valence-electron chi connectivity index (χ2n) is 5.67. The van der Waals surface area contributed by atoms with Crippen LogP contribution in [-0.4, -0.2) is 6.54 Å². The van der Waals surface area contributed by atoms with Crippen LogP contribution in [0, 0.1) is 6.92 Å². The lowest BCUT2D eigenvalue weighted by Gasteiger charge is -2.20. The van der Waals surface area contributed by atoms with Gasteiger partial charge in [0.1, 0.15) is 0 Å². The molecule has 0 fully saturated rings. The van der Waals surface area contributed by atoms with Crippen LogP contribution in [0.4, 0.5) is 5.69 Å². The van der Waals surface area contributed by atoms with Crippen LogP contribution in [-0.2, 0) is 0 Å². The molecule has 0 saturated heterocycles. The molecule has 0 amide bonds. The molecule has 1 nitrogen and oxygen atoms in total. The maximum atomic E-state index is 6.22. The Hall–Kier alpha value is -2.25. The number of hydrogen-bond donors (Lipinski definition) is 1. The fraction of sp³-hybridized carbons (Fsp3) is 0.143. The normalized spacial score (nSPS) is 10.7. The molecule has 2 heteroatoms. The number of rotatable bonds is 5. The van der Waals surface area contributed by atoms with Gasteiger partial charge in [-0.25, -0.2) is 0 Å². The lowest BCUT2D eigenvalue weighted by molar-refractivity contribution is 0.852. The van der Waals surface area contributed by atoms with Crippen molar-refractivity contribution in [2.45, 2.75) is 12.8 Å². The number of anilines is 1. The molecule has 116 valence electrons. The zero-order chi connectivity index (χ0) is 16.1. The quantitative estimate of drug-likeness (QED) is 0.617. The summed E-state index contributed by atoms with van der Waals surface area (Å²) in [5.74, 6) is 0.302. The van der Waals surface area contributed by atoms with E-state index in [-0.39, 0.29) is 0 Å². The molecule has 0 heterocycles. The molecule has 0 aromatic heterocycles. The molecule has 0 atom stereocenters. The lowest BCUT2D eigenvalue weighted by Crippen LogP contribution is -2.14. The van der Waals surface area contributed by atoms with E-state index in [1.165, 1.54) is 11.1 Å². The minimum Gasteiger partial charge on any atom is -0.384 e. The summed E-state index contributed by atoms with van der Waals surface area (Å²) in [6.45, 7) is 2.87. The molecule has 3 aromatic rings. The van der Waals surface area contributed by atoms with Gasteiger partial charge in [0.15, 0.2) is 0 Å². The van der Waals surface area contributed by atoms with Gasteiger partial charge in [0.2, 0.25) is 0 Å². The van der Waals surface area contributed by atoms with E-state index < -0.39 is 0 Å². The summed E-state index contributed by atoms with van der Waals surface area (Å²) >= 11 is 6.22. The molecule has 0 spiro atoms. The minimum atomic E-state index is 0.302. The van der Waals surface area contributed by atoms with Gasteiger partial charge in [0.05, 0.1) is 0 Å². The van der Waals surface area contributed by atoms with Gasteiger partial charge in [-0.05, 0) is 35.7 Å². The van der Waals surface area contributed by atoms with Gasteiger partial charge in [-0.2, -0.15) is 0 Å². The van der Waals surface area contributed by atoms with E-state index in [0.29, 0.717) is 5.92 Å². The monoisotopic (exact) mass is 321 g/mol. The van der Waals surface area contributed by atoms with Gasteiger partial charge in [0.25, 0.3) is 0 Å². The highest BCUT2D eigenvalue weighted by Crippen LogP contribution is 2.27. The highest BCUT2D eigenvalue weighted by Gasteiger charge is 2.14. The zero-order valence-corrected chi connectivity index (χ0v) is 13.9. The molecule has 0 radical (unpaired) electrons. The Balaban J connectivity index is 1.86. The fourth-order valence-corrected chi connectivity index (χ4v) is 2.98. The van der Waals surface area contributed by atoms with Crippen molar-refractivity contribution in [2.75, 3.05) is 11.9 Å². The molecule has 3 aromatic carbocycles. The van der Waals surface area contributed by atoms with Gasteiger partial charge in [-0.15, -0.1) is 0 Å². The second kappa shape index (κ2) is 7.34. The largest absolute Gasteiger partial charge is 0.384 e. The summed E-state index contributed by atoms with van der Waals surface area (Å²) in [5, 5.41) is 4.36. The van der Waals surface area contributed by atoms with Gasteiger partial charge in [-0.3, -0.25) is 0 Å². The Morgan fingerprint density at radius 3 is 1.91 bits per heavy atom. The first kappa shape index (κ1) is 15.6. The fourth-order valence-electron chi connectivity index (χ4n) is 2.81. The van der Waals surface area contributed by atoms with Crippen molar-refractivity contribution >= 4 is 17.3 Å². The van der Waals surface area contributed by atoms with Crippen LogP contribution in [0.3, 0.4) is 0 Å². The Kier molecular flexibility index (Phi) is 4.99. The molecule has 0 saturated carbocycles. The predicted molar refractivity (Wildman–Crippen MR) is 99.4 cm³/mol. The Bertz CT molecular complexity index is 714. The first-order valence-electron chi connectivity index (χ1n) is 7.84. The summed E-state index contributed by atoms with van der Waals surface area (Å²) in [6.07, 6.45) is 0.